The predicted octanol–water partition coefficient (Wildman–Crippen LogP) is 1.62. The van der Waals surface area contributed by atoms with Crippen molar-refractivity contribution in [2.45, 2.75) is 11.4 Å². The summed E-state index contributed by atoms with van der Waals surface area (Å²) >= 11 is 7.38. The number of benzene rings is 1. The third-order valence-electron chi connectivity index (χ3n) is 2.46. The Balaban J connectivity index is 2.19. The third kappa shape index (κ3) is 4.27. The molecule has 1 aromatic heterocycles. The highest BCUT2D eigenvalue weighted by Gasteiger charge is 2.18. The third-order valence-corrected chi connectivity index (χ3v) is 4.98. The summed E-state index contributed by atoms with van der Waals surface area (Å²) in [6.45, 7) is -0.166. The van der Waals surface area contributed by atoms with E-state index < -0.39 is 10.0 Å². The fourth-order valence-electron chi connectivity index (χ4n) is 1.51. The van der Waals surface area contributed by atoms with Crippen LogP contribution < -0.4 is 4.72 Å². The molecule has 1 heterocycles. The fraction of sp³-hybridized carbons (Fsp3) is 0.154. The molecule has 0 radical (unpaired) electrons. The van der Waals surface area contributed by atoms with Gasteiger partial charge in [-0.1, -0.05) is 23.4 Å². The molecule has 0 spiro atoms. The van der Waals surface area contributed by atoms with Gasteiger partial charge in [-0.05, 0) is 18.2 Å². The van der Waals surface area contributed by atoms with Crippen LogP contribution in [0, 0.1) is 11.8 Å². The number of halogens is 1. The van der Waals surface area contributed by atoms with Crippen molar-refractivity contribution >= 4 is 33.0 Å². The lowest BCUT2D eigenvalue weighted by molar-refractivity contribution is 0.350. The molecule has 0 aliphatic carbocycles. The molecule has 2 rings (SSSR count). The lowest BCUT2D eigenvalue weighted by Gasteiger charge is -2.07. The molecule has 5 nitrogen and oxygen atoms in total. The number of nitrogens with one attached hydrogen (secondary N) is 1. The number of aromatic nitrogens is 1. The number of rotatable bonds is 4. The highest BCUT2D eigenvalue weighted by molar-refractivity contribution is 7.89. The van der Waals surface area contributed by atoms with Crippen molar-refractivity contribution in [1.29, 1.82) is 0 Å². The number of thiazole rings is 1. The first-order valence-electron chi connectivity index (χ1n) is 5.79. The van der Waals surface area contributed by atoms with Crippen LogP contribution in [0.2, 0.25) is 5.02 Å². The fourth-order valence-corrected chi connectivity index (χ4v) is 3.61. The van der Waals surface area contributed by atoms with E-state index in [4.69, 9.17) is 16.7 Å². The van der Waals surface area contributed by atoms with E-state index in [1.165, 1.54) is 29.5 Å². The van der Waals surface area contributed by atoms with Gasteiger partial charge in [-0.15, -0.1) is 11.3 Å². The summed E-state index contributed by atoms with van der Waals surface area (Å²) in [5, 5.41) is 10.5. The minimum atomic E-state index is -3.72. The monoisotopic (exact) mass is 342 g/mol. The summed E-state index contributed by atoms with van der Waals surface area (Å²) < 4.78 is 26.8. The van der Waals surface area contributed by atoms with Crippen LogP contribution in [0.3, 0.4) is 0 Å². The van der Waals surface area contributed by atoms with Crippen molar-refractivity contribution in [2.24, 2.45) is 0 Å². The molecule has 8 heteroatoms. The van der Waals surface area contributed by atoms with Crippen LogP contribution in [0.5, 0.6) is 0 Å². The molecule has 1 aromatic carbocycles. The molecule has 2 aromatic rings. The van der Waals surface area contributed by atoms with Crippen LogP contribution in [0.1, 0.15) is 11.3 Å². The summed E-state index contributed by atoms with van der Waals surface area (Å²) in [7, 11) is -3.72. The highest BCUT2D eigenvalue weighted by atomic mass is 35.5. The molecule has 0 aliphatic rings. The van der Waals surface area contributed by atoms with Gasteiger partial charge >= 0.3 is 0 Å². The van der Waals surface area contributed by atoms with Gasteiger partial charge in [0.2, 0.25) is 10.0 Å². The van der Waals surface area contributed by atoms with Crippen LogP contribution in [-0.2, 0) is 16.6 Å². The Hall–Kier alpha value is -1.43. The molecule has 0 atom stereocenters. The van der Waals surface area contributed by atoms with E-state index in [0.717, 1.165) is 0 Å². The number of aliphatic hydroxyl groups excluding tert-OH is 1. The minimum absolute atomic E-state index is 0.0195. The van der Waals surface area contributed by atoms with Crippen LogP contribution in [-0.4, -0.2) is 25.1 Å². The van der Waals surface area contributed by atoms with E-state index in [-0.39, 0.29) is 23.1 Å². The average molecular weight is 343 g/mol. The van der Waals surface area contributed by atoms with Crippen molar-refractivity contribution in [2.75, 3.05) is 6.61 Å². The van der Waals surface area contributed by atoms with Crippen molar-refractivity contribution < 1.29 is 13.5 Å². The van der Waals surface area contributed by atoms with E-state index in [1.807, 2.05) is 0 Å². The van der Waals surface area contributed by atoms with Crippen LogP contribution in [0.4, 0.5) is 0 Å². The zero-order valence-electron chi connectivity index (χ0n) is 10.7. The number of sulfonamides is 1. The normalized spacial score (nSPS) is 11.0. The Morgan fingerprint density at radius 3 is 2.86 bits per heavy atom. The molecule has 0 saturated heterocycles. The second kappa shape index (κ2) is 7.02. The second-order valence-corrected chi connectivity index (χ2v) is 6.77. The SMILES string of the molecule is O=S(=O)(NCc1cscn1)c1ccc(C#CCO)cc1Cl. The van der Waals surface area contributed by atoms with E-state index in [1.54, 1.807) is 10.9 Å². The van der Waals surface area contributed by atoms with Crippen LogP contribution >= 0.6 is 22.9 Å². The Morgan fingerprint density at radius 2 is 2.24 bits per heavy atom. The van der Waals surface area contributed by atoms with Gasteiger partial charge in [-0.2, -0.15) is 0 Å². The molecule has 0 saturated carbocycles. The summed E-state index contributed by atoms with van der Waals surface area (Å²) in [4.78, 5) is 3.98. The molecule has 110 valence electrons. The van der Waals surface area contributed by atoms with E-state index in [2.05, 4.69) is 21.5 Å². The molecule has 21 heavy (non-hydrogen) atoms. The zero-order chi connectivity index (χ0) is 15.3. The van der Waals surface area contributed by atoms with Gasteiger partial charge < -0.3 is 5.11 Å². The maximum Gasteiger partial charge on any atom is 0.242 e. The molecule has 0 amide bonds. The smallest absolute Gasteiger partial charge is 0.242 e. The summed E-state index contributed by atoms with van der Waals surface area (Å²) in [6, 6.07) is 4.36. The first-order chi connectivity index (χ1) is 10.0. The topological polar surface area (TPSA) is 79.3 Å². The summed E-state index contributed by atoms with van der Waals surface area (Å²) in [6.07, 6.45) is 0. The Morgan fingerprint density at radius 1 is 1.43 bits per heavy atom. The number of hydrogen-bond acceptors (Lipinski definition) is 5. The lowest BCUT2D eigenvalue weighted by Crippen LogP contribution is -2.23. The van der Waals surface area contributed by atoms with Crippen molar-refractivity contribution in [3.63, 3.8) is 0 Å². The van der Waals surface area contributed by atoms with Gasteiger partial charge in [-0.25, -0.2) is 18.1 Å². The highest BCUT2D eigenvalue weighted by Crippen LogP contribution is 2.22. The summed E-state index contributed by atoms with van der Waals surface area (Å²) in [5.74, 6) is 5.13. The maximum atomic E-state index is 12.2. The Labute approximate surface area is 131 Å². The quantitative estimate of drug-likeness (QED) is 0.827. The predicted molar refractivity (Wildman–Crippen MR) is 81.6 cm³/mol. The molecule has 0 bridgehead atoms. The largest absolute Gasteiger partial charge is 0.384 e. The first kappa shape index (κ1) is 15.9. The molecule has 2 N–H and O–H groups in total. The summed E-state index contributed by atoms with van der Waals surface area (Å²) in [5.41, 5.74) is 2.81. The molecular weight excluding hydrogens is 332 g/mol. The van der Waals surface area contributed by atoms with Crippen molar-refractivity contribution in [1.82, 2.24) is 9.71 Å². The van der Waals surface area contributed by atoms with Gasteiger partial charge in [0.05, 0.1) is 22.8 Å². The first-order valence-corrected chi connectivity index (χ1v) is 8.59. The van der Waals surface area contributed by atoms with E-state index in [0.29, 0.717) is 11.3 Å². The van der Waals surface area contributed by atoms with Gasteiger partial charge in [0, 0.05) is 10.9 Å². The van der Waals surface area contributed by atoms with E-state index in [9.17, 15) is 8.42 Å². The Kier molecular flexibility index (Phi) is 5.33. The molecule has 0 aliphatic heterocycles. The average Bonchev–Trinajstić information content (AvgIpc) is 2.96. The second-order valence-electron chi connectivity index (χ2n) is 3.91. The minimum Gasteiger partial charge on any atom is -0.384 e. The van der Waals surface area contributed by atoms with Gasteiger partial charge in [-0.3, -0.25) is 0 Å². The maximum absolute atomic E-state index is 12.2. The van der Waals surface area contributed by atoms with Crippen molar-refractivity contribution in [3.05, 3.63) is 45.4 Å². The molecule has 0 unspecified atom stereocenters. The van der Waals surface area contributed by atoms with Crippen molar-refractivity contribution in [3.8, 4) is 11.8 Å². The van der Waals surface area contributed by atoms with E-state index >= 15 is 0 Å². The van der Waals surface area contributed by atoms with Gasteiger partial charge in [0.1, 0.15) is 11.5 Å². The number of hydrogen-bond donors (Lipinski definition) is 2. The molecule has 0 fully saturated rings. The number of nitrogens with zero attached hydrogens (tertiary/aromatic N) is 1. The van der Waals surface area contributed by atoms with Crippen LogP contribution in [0.15, 0.2) is 34.0 Å². The van der Waals surface area contributed by atoms with Gasteiger partial charge in [0.15, 0.2) is 0 Å². The zero-order valence-corrected chi connectivity index (χ0v) is 13.1. The Bertz CT molecular complexity index is 777. The lowest BCUT2D eigenvalue weighted by atomic mass is 10.2. The standard InChI is InChI=1S/C13H11ClN2O3S2/c14-12-6-10(2-1-5-17)3-4-13(12)21(18,19)16-7-11-8-20-9-15-11/h3-4,6,8-9,16-17H,5,7H2. The van der Waals surface area contributed by atoms with Crippen LogP contribution in [0.25, 0.3) is 0 Å². The number of aliphatic hydroxyl groups is 1. The molecular formula is C13H11ClN2O3S2. The van der Waals surface area contributed by atoms with Gasteiger partial charge in [0.25, 0.3) is 0 Å².